The van der Waals surface area contributed by atoms with Crippen LogP contribution in [0.15, 0.2) is 6.33 Å². The van der Waals surface area contributed by atoms with Crippen molar-refractivity contribution in [3.8, 4) is 0 Å². The van der Waals surface area contributed by atoms with Crippen molar-refractivity contribution in [1.29, 1.82) is 0 Å². The summed E-state index contributed by atoms with van der Waals surface area (Å²) in [6.07, 6.45) is 2.25. The van der Waals surface area contributed by atoms with Crippen LogP contribution in [0.25, 0.3) is 0 Å². The maximum atomic E-state index is 11.6. The number of carbonyl (C=O) groups excluding carboxylic acids is 1. The number of amides is 1. The molecule has 0 aliphatic heterocycles. The molecule has 0 saturated carbocycles. The molecule has 3 N–H and O–H groups in total. The second-order valence-corrected chi connectivity index (χ2v) is 3.61. The van der Waals surface area contributed by atoms with Gasteiger partial charge in [0.1, 0.15) is 6.33 Å². The Hall–Kier alpha value is -1.43. The fourth-order valence-electron chi connectivity index (χ4n) is 1.12. The molecular weight excluding hydrogens is 194 g/mol. The standard InChI is InChI=1S/C9H17N5O/c1-4-6(2)7(10)8(15)13-9-11-5-12-14(9)3/h5-7H,4,10H2,1-3H3,(H,11,12,13,15)/t6?,7-/m0/s1. The molecule has 1 amide bonds. The summed E-state index contributed by atoms with van der Waals surface area (Å²) in [7, 11) is 1.71. The lowest BCUT2D eigenvalue weighted by Gasteiger charge is -2.16. The maximum Gasteiger partial charge on any atom is 0.243 e. The Morgan fingerprint density at radius 2 is 2.40 bits per heavy atom. The molecule has 0 saturated heterocycles. The van der Waals surface area contributed by atoms with Crippen LogP contribution in [-0.2, 0) is 11.8 Å². The number of hydrogen-bond acceptors (Lipinski definition) is 4. The van der Waals surface area contributed by atoms with E-state index in [1.54, 1.807) is 7.05 Å². The van der Waals surface area contributed by atoms with Gasteiger partial charge in [-0.15, -0.1) is 0 Å². The summed E-state index contributed by atoms with van der Waals surface area (Å²) in [5, 5.41) is 6.47. The molecule has 15 heavy (non-hydrogen) atoms. The molecule has 84 valence electrons. The smallest absolute Gasteiger partial charge is 0.243 e. The number of nitrogens with zero attached hydrogens (tertiary/aromatic N) is 3. The van der Waals surface area contributed by atoms with Gasteiger partial charge in [0.2, 0.25) is 11.9 Å². The molecule has 0 aromatic carbocycles. The number of nitrogens with one attached hydrogen (secondary N) is 1. The van der Waals surface area contributed by atoms with E-state index in [1.807, 2.05) is 13.8 Å². The Bertz CT molecular complexity index is 335. The van der Waals surface area contributed by atoms with Crippen LogP contribution in [0.3, 0.4) is 0 Å². The van der Waals surface area contributed by atoms with Gasteiger partial charge in [0, 0.05) is 7.05 Å². The minimum atomic E-state index is -0.508. The zero-order chi connectivity index (χ0) is 11.4. The highest BCUT2D eigenvalue weighted by Gasteiger charge is 2.20. The largest absolute Gasteiger partial charge is 0.320 e. The summed E-state index contributed by atoms with van der Waals surface area (Å²) in [5.74, 6) is 0.345. The Kier molecular flexibility index (Phi) is 3.79. The van der Waals surface area contributed by atoms with Gasteiger partial charge in [0.15, 0.2) is 0 Å². The van der Waals surface area contributed by atoms with Crippen molar-refractivity contribution < 1.29 is 4.79 Å². The number of carbonyl (C=O) groups is 1. The first kappa shape index (κ1) is 11.6. The van der Waals surface area contributed by atoms with Crippen molar-refractivity contribution in [2.75, 3.05) is 5.32 Å². The summed E-state index contributed by atoms with van der Waals surface area (Å²) in [6.45, 7) is 3.95. The Balaban J connectivity index is 2.60. The first-order chi connectivity index (χ1) is 7.06. The second-order valence-electron chi connectivity index (χ2n) is 3.61. The molecule has 2 atom stereocenters. The first-order valence-corrected chi connectivity index (χ1v) is 4.96. The van der Waals surface area contributed by atoms with Gasteiger partial charge in [-0.3, -0.25) is 10.1 Å². The minimum Gasteiger partial charge on any atom is -0.320 e. The third-order valence-corrected chi connectivity index (χ3v) is 2.51. The van der Waals surface area contributed by atoms with Crippen molar-refractivity contribution in [1.82, 2.24) is 14.8 Å². The van der Waals surface area contributed by atoms with Crippen LogP contribution in [-0.4, -0.2) is 26.7 Å². The predicted octanol–water partition coefficient (Wildman–Crippen LogP) is 0.127. The quantitative estimate of drug-likeness (QED) is 0.741. The van der Waals surface area contributed by atoms with Gasteiger partial charge in [-0.2, -0.15) is 10.1 Å². The summed E-state index contributed by atoms with van der Waals surface area (Å²) >= 11 is 0. The van der Waals surface area contributed by atoms with Gasteiger partial charge in [-0.1, -0.05) is 20.3 Å². The molecule has 0 aliphatic rings. The van der Waals surface area contributed by atoms with Crippen LogP contribution < -0.4 is 11.1 Å². The fraction of sp³-hybridized carbons (Fsp3) is 0.667. The van der Waals surface area contributed by atoms with Crippen LogP contribution in [0.1, 0.15) is 20.3 Å². The third-order valence-electron chi connectivity index (χ3n) is 2.51. The highest BCUT2D eigenvalue weighted by Crippen LogP contribution is 2.07. The lowest BCUT2D eigenvalue weighted by Crippen LogP contribution is -2.41. The van der Waals surface area contributed by atoms with E-state index in [-0.39, 0.29) is 11.8 Å². The molecule has 6 heteroatoms. The SMILES string of the molecule is CCC(C)[C@H](N)C(=O)Nc1ncnn1C. The van der Waals surface area contributed by atoms with Crippen LogP contribution in [0.4, 0.5) is 5.95 Å². The number of rotatable bonds is 4. The Morgan fingerprint density at radius 3 is 2.87 bits per heavy atom. The highest BCUT2D eigenvalue weighted by atomic mass is 16.2. The molecule has 6 nitrogen and oxygen atoms in total. The number of nitrogens with two attached hydrogens (primary N) is 1. The van der Waals surface area contributed by atoms with Crippen LogP contribution in [0.2, 0.25) is 0 Å². The van der Waals surface area contributed by atoms with Crippen LogP contribution in [0, 0.1) is 5.92 Å². The lowest BCUT2D eigenvalue weighted by atomic mass is 10.00. The second kappa shape index (κ2) is 4.88. The van der Waals surface area contributed by atoms with E-state index < -0.39 is 6.04 Å². The number of aromatic nitrogens is 3. The molecule has 1 rings (SSSR count). The Morgan fingerprint density at radius 1 is 1.73 bits per heavy atom. The highest BCUT2D eigenvalue weighted by molar-refractivity contribution is 5.93. The maximum absolute atomic E-state index is 11.6. The lowest BCUT2D eigenvalue weighted by molar-refractivity contribution is -0.118. The zero-order valence-corrected chi connectivity index (χ0v) is 9.27. The fourth-order valence-corrected chi connectivity index (χ4v) is 1.12. The predicted molar refractivity (Wildman–Crippen MR) is 57.1 cm³/mol. The van der Waals surface area contributed by atoms with Gasteiger partial charge >= 0.3 is 0 Å². The van der Waals surface area contributed by atoms with Gasteiger partial charge in [0.25, 0.3) is 0 Å². The molecule has 0 fully saturated rings. The third kappa shape index (κ3) is 2.76. The van der Waals surface area contributed by atoms with Gasteiger partial charge in [-0.25, -0.2) is 4.68 Å². The van der Waals surface area contributed by atoms with Crippen molar-refractivity contribution in [2.45, 2.75) is 26.3 Å². The Labute approximate surface area is 88.9 Å². The van der Waals surface area contributed by atoms with Crippen LogP contribution >= 0.6 is 0 Å². The molecule has 0 spiro atoms. The normalized spacial score (nSPS) is 14.7. The van der Waals surface area contributed by atoms with Gasteiger partial charge in [-0.05, 0) is 5.92 Å². The van der Waals surface area contributed by atoms with E-state index >= 15 is 0 Å². The average molecular weight is 211 g/mol. The summed E-state index contributed by atoms with van der Waals surface area (Å²) in [4.78, 5) is 15.5. The minimum absolute atomic E-state index is 0.151. The van der Waals surface area contributed by atoms with Gasteiger partial charge < -0.3 is 5.73 Å². The van der Waals surface area contributed by atoms with Crippen molar-refractivity contribution in [2.24, 2.45) is 18.7 Å². The van der Waals surface area contributed by atoms with E-state index in [9.17, 15) is 4.79 Å². The number of hydrogen-bond donors (Lipinski definition) is 2. The van der Waals surface area contributed by atoms with E-state index in [0.717, 1.165) is 6.42 Å². The number of anilines is 1. The molecule has 1 aromatic rings. The van der Waals surface area contributed by atoms with E-state index in [0.29, 0.717) is 5.95 Å². The van der Waals surface area contributed by atoms with Crippen molar-refractivity contribution in [3.63, 3.8) is 0 Å². The van der Waals surface area contributed by atoms with Gasteiger partial charge in [0.05, 0.1) is 6.04 Å². The molecule has 0 aliphatic carbocycles. The van der Waals surface area contributed by atoms with Crippen LogP contribution in [0.5, 0.6) is 0 Å². The summed E-state index contributed by atoms with van der Waals surface area (Å²) in [5.41, 5.74) is 5.77. The first-order valence-electron chi connectivity index (χ1n) is 4.96. The average Bonchev–Trinajstić information content (AvgIpc) is 2.62. The summed E-state index contributed by atoms with van der Waals surface area (Å²) < 4.78 is 1.49. The number of aryl methyl sites for hydroxylation is 1. The topological polar surface area (TPSA) is 85.8 Å². The molecule has 0 bridgehead atoms. The monoisotopic (exact) mass is 211 g/mol. The molecule has 1 unspecified atom stereocenters. The van der Waals surface area contributed by atoms with Crippen molar-refractivity contribution >= 4 is 11.9 Å². The molecular formula is C9H17N5O. The van der Waals surface area contributed by atoms with E-state index in [4.69, 9.17) is 5.73 Å². The van der Waals surface area contributed by atoms with E-state index in [1.165, 1.54) is 11.0 Å². The van der Waals surface area contributed by atoms with E-state index in [2.05, 4.69) is 15.4 Å². The molecule has 0 radical (unpaired) electrons. The molecule has 1 heterocycles. The zero-order valence-electron chi connectivity index (χ0n) is 9.27. The van der Waals surface area contributed by atoms with Crippen molar-refractivity contribution in [3.05, 3.63) is 6.33 Å². The summed E-state index contributed by atoms with van der Waals surface area (Å²) in [6, 6.07) is -0.508. The molecule has 1 aromatic heterocycles.